The maximum Gasteiger partial charge on any atom is 0.328 e. The van der Waals surface area contributed by atoms with Crippen molar-refractivity contribution in [3.63, 3.8) is 0 Å². The van der Waals surface area contributed by atoms with E-state index in [9.17, 15) is 14.4 Å². The maximum atomic E-state index is 12.7. The number of hydrogen-bond acceptors (Lipinski definition) is 5. The lowest BCUT2D eigenvalue weighted by atomic mass is 10.0. The van der Waals surface area contributed by atoms with Crippen LogP contribution in [-0.2, 0) is 16.1 Å². The summed E-state index contributed by atoms with van der Waals surface area (Å²) in [5.74, 6) is -0.522. The number of amides is 3. The van der Waals surface area contributed by atoms with E-state index in [1.165, 1.54) is 11.3 Å². The van der Waals surface area contributed by atoms with E-state index < -0.39 is 12.0 Å². The fourth-order valence-corrected chi connectivity index (χ4v) is 4.50. The van der Waals surface area contributed by atoms with Gasteiger partial charge in [0.05, 0.1) is 17.1 Å². The Labute approximate surface area is 173 Å². The molecule has 3 amide bonds. The first kappa shape index (κ1) is 19.4. The molecule has 0 spiro atoms. The van der Waals surface area contributed by atoms with E-state index in [0.717, 1.165) is 24.1 Å². The van der Waals surface area contributed by atoms with Crippen molar-refractivity contribution in [1.29, 1.82) is 0 Å². The van der Waals surface area contributed by atoms with Gasteiger partial charge in [-0.25, -0.2) is 9.59 Å². The molecule has 152 valence electrons. The number of nitrogens with zero attached hydrogens (tertiary/aromatic N) is 2. The number of anilines is 1. The van der Waals surface area contributed by atoms with Gasteiger partial charge in [-0.3, -0.25) is 9.69 Å². The molecule has 2 aliphatic rings. The molecule has 1 aromatic heterocycles. The van der Waals surface area contributed by atoms with Crippen molar-refractivity contribution in [2.24, 2.45) is 0 Å². The summed E-state index contributed by atoms with van der Waals surface area (Å²) in [6.45, 7) is 1.39. The fraction of sp³-hybridized carbons (Fsp3) is 0.381. The summed E-state index contributed by atoms with van der Waals surface area (Å²) in [6.07, 6.45) is 2.37. The van der Waals surface area contributed by atoms with Gasteiger partial charge in [0.15, 0.2) is 0 Å². The van der Waals surface area contributed by atoms with Crippen LogP contribution in [0, 0.1) is 0 Å². The zero-order valence-corrected chi connectivity index (χ0v) is 16.8. The van der Waals surface area contributed by atoms with E-state index in [2.05, 4.69) is 5.32 Å². The Bertz CT molecular complexity index is 899. The molecule has 7 nitrogen and oxygen atoms in total. The number of nitrogens with one attached hydrogen (secondary N) is 1. The molecule has 8 heteroatoms. The monoisotopic (exact) mass is 413 g/mol. The Kier molecular flexibility index (Phi) is 5.80. The van der Waals surface area contributed by atoms with Crippen molar-refractivity contribution in [3.8, 4) is 0 Å². The molecule has 29 heavy (non-hydrogen) atoms. The van der Waals surface area contributed by atoms with Crippen LogP contribution in [0.1, 0.15) is 34.5 Å². The van der Waals surface area contributed by atoms with Crippen LogP contribution >= 0.6 is 11.3 Å². The summed E-state index contributed by atoms with van der Waals surface area (Å²) in [4.78, 5) is 41.5. The third kappa shape index (κ3) is 4.12. The van der Waals surface area contributed by atoms with E-state index in [1.54, 1.807) is 15.9 Å². The largest absolute Gasteiger partial charge is 0.462 e. The van der Waals surface area contributed by atoms with Crippen molar-refractivity contribution < 1.29 is 19.1 Å². The Morgan fingerprint density at radius 3 is 2.86 bits per heavy atom. The smallest absolute Gasteiger partial charge is 0.328 e. The number of benzene rings is 1. The van der Waals surface area contributed by atoms with Crippen LogP contribution in [0.4, 0.5) is 10.5 Å². The van der Waals surface area contributed by atoms with Gasteiger partial charge in [-0.2, -0.15) is 0 Å². The molecule has 2 aliphatic heterocycles. The predicted molar refractivity (Wildman–Crippen MR) is 110 cm³/mol. The van der Waals surface area contributed by atoms with E-state index in [1.807, 2.05) is 35.7 Å². The van der Waals surface area contributed by atoms with E-state index in [-0.39, 0.29) is 25.1 Å². The topological polar surface area (TPSA) is 79.0 Å². The Hall–Kier alpha value is -2.87. The van der Waals surface area contributed by atoms with E-state index in [0.29, 0.717) is 24.4 Å². The fourth-order valence-electron chi connectivity index (χ4n) is 3.82. The highest BCUT2D eigenvalue weighted by Crippen LogP contribution is 2.25. The average Bonchev–Trinajstić information content (AvgIpc) is 3.29. The van der Waals surface area contributed by atoms with Gasteiger partial charge in [0, 0.05) is 13.1 Å². The van der Waals surface area contributed by atoms with Crippen molar-refractivity contribution in [1.82, 2.24) is 10.2 Å². The number of carbonyl (C=O) groups is 3. The molecule has 0 aliphatic carbocycles. The highest BCUT2D eigenvalue weighted by atomic mass is 32.1. The maximum absolute atomic E-state index is 12.7. The number of esters is 1. The molecule has 1 N–H and O–H groups in total. The Morgan fingerprint density at radius 2 is 2.03 bits per heavy atom. The van der Waals surface area contributed by atoms with Gasteiger partial charge in [0.1, 0.15) is 12.6 Å². The number of carbonyl (C=O) groups excluding carboxylic acids is 3. The number of ether oxygens (including phenoxy) is 1. The first-order valence-electron chi connectivity index (χ1n) is 9.79. The van der Waals surface area contributed by atoms with Crippen molar-refractivity contribution in [2.45, 2.75) is 31.8 Å². The van der Waals surface area contributed by atoms with Gasteiger partial charge in [-0.1, -0.05) is 24.3 Å². The standard InChI is InChI=1S/C21H23N3O4S/c25-19(18-9-5-13-29-18)23-10-4-3-8-17(23)20(26)28-12-11-24-16-7-2-1-6-15(16)14-22-21(24)27/h1-2,5-7,9,13,17H,3-4,8,10-12,14H2,(H,22,27). The van der Waals surface area contributed by atoms with E-state index >= 15 is 0 Å². The summed E-state index contributed by atoms with van der Waals surface area (Å²) >= 11 is 1.37. The highest BCUT2D eigenvalue weighted by Gasteiger charge is 2.34. The lowest BCUT2D eigenvalue weighted by molar-refractivity contribution is -0.149. The van der Waals surface area contributed by atoms with Crippen LogP contribution in [0.2, 0.25) is 0 Å². The number of likely N-dealkylation sites (tertiary alicyclic amines) is 1. The van der Waals surface area contributed by atoms with Gasteiger partial charge >= 0.3 is 12.0 Å². The van der Waals surface area contributed by atoms with Crippen molar-refractivity contribution in [2.75, 3.05) is 24.6 Å². The van der Waals surface area contributed by atoms with Crippen LogP contribution in [0.3, 0.4) is 0 Å². The first-order chi connectivity index (χ1) is 14.1. The normalized spacial score (nSPS) is 18.8. The van der Waals surface area contributed by atoms with Crippen molar-refractivity contribution >= 4 is 34.9 Å². The van der Waals surface area contributed by atoms with Crippen LogP contribution < -0.4 is 10.2 Å². The summed E-state index contributed by atoms with van der Waals surface area (Å²) in [5.41, 5.74) is 1.86. The molecule has 1 saturated heterocycles. The lowest BCUT2D eigenvalue weighted by Gasteiger charge is -2.34. The summed E-state index contributed by atoms with van der Waals surface area (Å²) in [5, 5.41) is 4.68. The van der Waals surface area contributed by atoms with Crippen LogP contribution in [0.5, 0.6) is 0 Å². The molecule has 1 unspecified atom stereocenters. The zero-order chi connectivity index (χ0) is 20.2. The molecule has 1 fully saturated rings. The second-order valence-electron chi connectivity index (χ2n) is 7.09. The number of piperidine rings is 1. The number of fused-ring (bicyclic) bond motifs is 1. The molecule has 2 aromatic rings. The molecule has 1 atom stereocenters. The van der Waals surface area contributed by atoms with Gasteiger partial charge < -0.3 is 15.0 Å². The summed E-state index contributed by atoms with van der Waals surface area (Å²) in [7, 11) is 0. The SMILES string of the molecule is O=C(OCCN1C(=O)NCc2ccccc21)C1CCCCN1C(=O)c1cccs1. The molecule has 0 bridgehead atoms. The number of para-hydroxylation sites is 1. The molecule has 3 heterocycles. The average molecular weight is 413 g/mol. The quantitative estimate of drug-likeness (QED) is 0.765. The third-order valence-corrected chi connectivity index (χ3v) is 6.14. The van der Waals surface area contributed by atoms with Gasteiger partial charge in [-0.15, -0.1) is 11.3 Å². The van der Waals surface area contributed by atoms with Gasteiger partial charge in [0.25, 0.3) is 5.91 Å². The summed E-state index contributed by atoms with van der Waals surface area (Å²) in [6, 6.07) is 10.5. The molecule has 4 rings (SSSR count). The van der Waals surface area contributed by atoms with Crippen LogP contribution in [-0.4, -0.2) is 48.5 Å². The minimum atomic E-state index is -0.569. The molecule has 0 saturated carbocycles. The van der Waals surface area contributed by atoms with Gasteiger partial charge in [-0.05, 0) is 42.3 Å². The molecular formula is C21H23N3O4S. The van der Waals surface area contributed by atoms with Crippen LogP contribution in [0.25, 0.3) is 0 Å². The number of thiophene rings is 1. The minimum Gasteiger partial charge on any atom is -0.462 e. The van der Waals surface area contributed by atoms with Crippen molar-refractivity contribution in [3.05, 3.63) is 52.2 Å². The number of rotatable bonds is 5. The molecular weight excluding hydrogens is 390 g/mol. The minimum absolute atomic E-state index is 0.0815. The third-order valence-electron chi connectivity index (χ3n) is 5.28. The first-order valence-corrected chi connectivity index (χ1v) is 10.7. The number of hydrogen-bond donors (Lipinski definition) is 1. The lowest BCUT2D eigenvalue weighted by Crippen LogP contribution is -2.49. The molecule has 0 radical (unpaired) electrons. The Morgan fingerprint density at radius 1 is 1.17 bits per heavy atom. The predicted octanol–water partition coefficient (Wildman–Crippen LogP) is 3.02. The summed E-state index contributed by atoms with van der Waals surface area (Å²) < 4.78 is 5.49. The zero-order valence-electron chi connectivity index (χ0n) is 16.0. The molecule has 1 aromatic carbocycles. The second-order valence-corrected chi connectivity index (χ2v) is 8.04. The highest BCUT2D eigenvalue weighted by molar-refractivity contribution is 7.12. The van der Waals surface area contributed by atoms with Crippen LogP contribution in [0.15, 0.2) is 41.8 Å². The second kappa shape index (κ2) is 8.65. The Balaban J connectivity index is 1.37. The van der Waals surface area contributed by atoms with E-state index in [4.69, 9.17) is 4.74 Å². The van der Waals surface area contributed by atoms with Gasteiger partial charge in [0.2, 0.25) is 0 Å². The number of urea groups is 1.